The van der Waals surface area contributed by atoms with Crippen molar-refractivity contribution in [3.05, 3.63) is 23.5 Å². The third kappa shape index (κ3) is 4.91. The number of pyridine rings is 1. The van der Waals surface area contributed by atoms with Gasteiger partial charge in [0, 0.05) is 12.7 Å². The van der Waals surface area contributed by atoms with Crippen LogP contribution in [0.2, 0.25) is 0 Å². The zero-order valence-electron chi connectivity index (χ0n) is 18.3. The number of anilines is 1. The van der Waals surface area contributed by atoms with Gasteiger partial charge in [0.1, 0.15) is 6.10 Å². The molecule has 0 radical (unpaired) electrons. The number of hydrogen-bond acceptors (Lipinski definition) is 6. The van der Waals surface area contributed by atoms with Gasteiger partial charge in [0.25, 0.3) is 5.88 Å². The molecule has 2 heterocycles. The van der Waals surface area contributed by atoms with Crippen LogP contribution in [0, 0.1) is 0 Å². The minimum atomic E-state index is 0.128. The van der Waals surface area contributed by atoms with Crippen molar-refractivity contribution < 1.29 is 9.47 Å². The van der Waals surface area contributed by atoms with Crippen LogP contribution in [-0.4, -0.2) is 34.7 Å². The molecular weight excluding hydrogens is 352 g/mol. The number of rotatable bonds is 10. The number of nitrogens with zero attached hydrogens (tertiary/aromatic N) is 3. The van der Waals surface area contributed by atoms with Gasteiger partial charge in [-0.25, -0.2) is 15.0 Å². The minimum Gasteiger partial charge on any atom is -0.477 e. The predicted octanol–water partition coefficient (Wildman–Crippen LogP) is 5.23. The summed E-state index contributed by atoms with van der Waals surface area (Å²) < 4.78 is 12.0. The molecule has 6 nitrogen and oxygen atoms in total. The van der Waals surface area contributed by atoms with E-state index in [1.54, 1.807) is 0 Å². The summed E-state index contributed by atoms with van der Waals surface area (Å²) in [5.74, 6) is 2.12. The molecule has 0 bridgehead atoms. The minimum absolute atomic E-state index is 0.128. The van der Waals surface area contributed by atoms with E-state index in [9.17, 15) is 0 Å². The summed E-state index contributed by atoms with van der Waals surface area (Å²) in [4.78, 5) is 14.4. The molecule has 0 saturated carbocycles. The number of aromatic nitrogens is 3. The van der Waals surface area contributed by atoms with Crippen LogP contribution in [0.5, 0.6) is 11.8 Å². The normalized spacial score (nSPS) is 11.2. The van der Waals surface area contributed by atoms with Crippen LogP contribution in [0.4, 0.5) is 5.82 Å². The van der Waals surface area contributed by atoms with E-state index in [2.05, 4.69) is 39.9 Å². The highest BCUT2D eigenvalue weighted by Gasteiger charge is 2.21. The van der Waals surface area contributed by atoms with E-state index in [0.717, 1.165) is 41.9 Å². The summed E-state index contributed by atoms with van der Waals surface area (Å²) in [6, 6.07) is 4.08. The second-order valence-corrected chi connectivity index (χ2v) is 7.01. The Labute approximate surface area is 169 Å². The highest BCUT2D eigenvalue weighted by molar-refractivity contribution is 5.70. The average molecular weight is 387 g/mol. The van der Waals surface area contributed by atoms with Crippen LogP contribution in [0.25, 0.3) is 11.3 Å². The summed E-state index contributed by atoms with van der Waals surface area (Å²) in [6.45, 7) is 13.1. The molecule has 0 aliphatic heterocycles. The van der Waals surface area contributed by atoms with Crippen molar-refractivity contribution in [2.75, 3.05) is 19.0 Å². The third-order valence-electron chi connectivity index (χ3n) is 4.71. The Kier molecular flexibility index (Phi) is 8.03. The van der Waals surface area contributed by atoms with Crippen LogP contribution >= 0.6 is 0 Å². The largest absolute Gasteiger partial charge is 0.477 e. The van der Waals surface area contributed by atoms with Crippen molar-refractivity contribution in [3.63, 3.8) is 0 Å². The SMILES string of the molecule is CCOc1nc(C(C)C)ccc1-c1nc(NC)c(OC(CC)CC)nc1CC. The molecule has 2 aromatic rings. The van der Waals surface area contributed by atoms with E-state index in [1.165, 1.54) is 0 Å². The first-order valence-electron chi connectivity index (χ1n) is 10.4. The summed E-state index contributed by atoms with van der Waals surface area (Å²) in [7, 11) is 1.84. The van der Waals surface area contributed by atoms with E-state index >= 15 is 0 Å². The fraction of sp³-hybridized carbons (Fsp3) is 0.591. The van der Waals surface area contributed by atoms with E-state index in [-0.39, 0.29) is 6.10 Å². The monoisotopic (exact) mass is 386 g/mol. The molecule has 154 valence electrons. The first kappa shape index (κ1) is 21.9. The van der Waals surface area contributed by atoms with E-state index in [0.29, 0.717) is 30.1 Å². The van der Waals surface area contributed by atoms with E-state index < -0.39 is 0 Å². The summed E-state index contributed by atoms with van der Waals surface area (Å²) in [5, 5.41) is 3.13. The van der Waals surface area contributed by atoms with Crippen LogP contribution in [0.1, 0.15) is 71.7 Å². The molecule has 0 aliphatic rings. The lowest BCUT2D eigenvalue weighted by Gasteiger charge is -2.19. The molecule has 2 rings (SSSR count). The quantitative estimate of drug-likeness (QED) is 0.603. The van der Waals surface area contributed by atoms with Gasteiger partial charge in [-0.15, -0.1) is 0 Å². The molecule has 2 aromatic heterocycles. The highest BCUT2D eigenvalue weighted by Crippen LogP contribution is 2.34. The Bertz CT molecular complexity index is 773. The molecule has 6 heteroatoms. The Hall–Kier alpha value is -2.37. The standard InChI is InChI=1S/C22H34N4O2/c1-8-15(9-2)28-22-20(23-7)26-19(17(10-3)24-22)16-12-13-18(14(5)6)25-21(16)27-11-4/h12-15H,8-11H2,1-7H3,(H,23,26). The van der Waals surface area contributed by atoms with Crippen molar-refractivity contribution in [2.45, 2.75) is 72.8 Å². The number of ether oxygens (including phenoxy) is 2. The molecule has 0 aromatic carbocycles. The van der Waals surface area contributed by atoms with Crippen molar-refractivity contribution >= 4 is 5.82 Å². The molecule has 1 N–H and O–H groups in total. The Balaban J connectivity index is 2.59. The summed E-state index contributed by atoms with van der Waals surface area (Å²) in [6.07, 6.45) is 2.73. The Morgan fingerprint density at radius 1 is 0.964 bits per heavy atom. The second kappa shape index (κ2) is 10.2. The molecule has 0 unspecified atom stereocenters. The third-order valence-corrected chi connectivity index (χ3v) is 4.71. The molecule has 0 saturated heterocycles. The summed E-state index contributed by atoms with van der Waals surface area (Å²) in [5.41, 5.74) is 3.52. The zero-order chi connectivity index (χ0) is 20.7. The Morgan fingerprint density at radius 3 is 2.21 bits per heavy atom. The molecule has 0 aliphatic carbocycles. The molecule has 0 amide bonds. The summed E-state index contributed by atoms with van der Waals surface area (Å²) >= 11 is 0. The van der Waals surface area contributed by atoms with Crippen LogP contribution in [0.15, 0.2) is 12.1 Å². The lowest BCUT2D eigenvalue weighted by Crippen LogP contribution is -2.17. The maximum atomic E-state index is 6.11. The van der Waals surface area contributed by atoms with Crippen molar-refractivity contribution in [2.24, 2.45) is 0 Å². The lowest BCUT2D eigenvalue weighted by molar-refractivity contribution is 0.185. The Morgan fingerprint density at radius 2 is 1.68 bits per heavy atom. The zero-order valence-corrected chi connectivity index (χ0v) is 18.3. The van der Waals surface area contributed by atoms with Gasteiger partial charge in [-0.1, -0.05) is 34.6 Å². The first-order valence-corrected chi connectivity index (χ1v) is 10.4. The maximum absolute atomic E-state index is 6.11. The molecular formula is C22H34N4O2. The average Bonchev–Trinajstić information content (AvgIpc) is 2.71. The van der Waals surface area contributed by atoms with Crippen molar-refractivity contribution in [1.29, 1.82) is 0 Å². The van der Waals surface area contributed by atoms with Crippen LogP contribution < -0.4 is 14.8 Å². The molecule has 0 atom stereocenters. The fourth-order valence-corrected chi connectivity index (χ4v) is 2.98. The first-order chi connectivity index (χ1) is 13.5. The number of hydrogen-bond donors (Lipinski definition) is 1. The van der Waals surface area contributed by atoms with Gasteiger partial charge >= 0.3 is 0 Å². The molecule has 0 fully saturated rings. The van der Waals surface area contributed by atoms with Gasteiger partial charge in [0.05, 0.1) is 23.6 Å². The lowest BCUT2D eigenvalue weighted by atomic mass is 10.1. The van der Waals surface area contributed by atoms with Crippen LogP contribution in [0.3, 0.4) is 0 Å². The maximum Gasteiger partial charge on any atom is 0.257 e. The van der Waals surface area contributed by atoms with Crippen LogP contribution in [-0.2, 0) is 6.42 Å². The number of aryl methyl sites for hydroxylation is 1. The molecule has 0 spiro atoms. The van der Waals surface area contributed by atoms with Crippen molar-refractivity contribution in [1.82, 2.24) is 15.0 Å². The van der Waals surface area contributed by atoms with Gasteiger partial charge < -0.3 is 14.8 Å². The number of nitrogens with one attached hydrogen (secondary N) is 1. The van der Waals surface area contributed by atoms with E-state index in [1.807, 2.05) is 26.1 Å². The second-order valence-electron chi connectivity index (χ2n) is 7.01. The van der Waals surface area contributed by atoms with Crippen molar-refractivity contribution in [3.8, 4) is 23.0 Å². The van der Waals surface area contributed by atoms with Gasteiger partial charge in [0.15, 0.2) is 5.82 Å². The predicted molar refractivity (Wildman–Crippen MR) is 114 cm³/mol. The van der Waals surface area contributed by atoms with Gasteiger partial charge in [0.2, 0.25) is 5.88 Å². The fourth-order valence-electron chi connectivity index (χ4n) is 2.98. The van der Waals surface area contributed by atoms with Gasteiger partial charge in [-0.2, -0.15) is 0 Å². The van der Waals surface area contributed by atoms with Gasteiger partial charge in [-0.05, 0) is 44.2 Å². The topological polar surface area (TPSA) is 69.2 Å². The van der Waals surface area contributed by atoms with Gasteiger partial charge in [-0.3, -0.25) is 0 Å². The molecule has 28 heavy (non-hydrogen) atoms. The highest BCUT2D eigenvalue weighted by atomic mass is 16.5. The van der Waals surface area contributed by atoms with E-state index in [4.69, 9.17) is 24.4 Å². The smallest absolute Gasteiger partial charge is 0.257 e.